The van der Waals surface area contributed by atoms with E-state index in [1.807, 2.05) is 6.92 Å². The van der Waals surface area contributed by atoms with Gasteiger partial charge in [0.15, 0.2) is 5.96 Å². The predicted molar refractivity (Wildman–Crippen MR) is 111 cm³/mol. The number of nitrogens with zero attached hydrogens (tertiary/aromatic N) is 1. The van der Waals surface area contributed by atoms with Crippen molar-refractivity contribution < 1.29 is 14.6 Å². The molecule has 0 radical (unpaired) electrons. The smallest absolute Gasteiger partial charge is 0.251 e. The molecule has 142 valence electrons. The van der Waals surface area contributed by atoms with Crippen molar-refractivity contribution in [3.8, 4) is 5.75 Å². The molecule has 0 saturated heterocycles. The SMILES string of the molecule is CCNC(=NCCCNC(=O)c1cccc(O)c1)NCCCOC.I. The number of methoxy groups -OCH3 is 1. The zero-order valence-corrected chi connectivity index (χ0v) is 17.2. The zero-order valence-electron chi connectivity index (χ0n) is 14.9. The van der Waals surface area contributed by atoms with Crippen molar-refractivity contribution in [3.63, 3.8) is 0 Å². The Morgan fingerprint density at radius 2 is 1.96 bits per heavy atom. The lowest BCUT2D eigenvalue weighted by atomic mass is 10.2. The first kappa shape index (κ1) is 23.4. The number of halogens is 1. The summed E-state index contributed by atoms with van der Waals surface area (Å²) in [4.78, 5) is 16.4. The lowest BCUT2D eigenvalue weighted by molar-refractivity contribution is 0.0953. The minimum atomic E-state index is -0.195. The summed E-state index contributed by atoms with van der Waals surface area (Å²) >= 11 is 0. The van der Waals surface area contributed by atoms with Crippen LogP contribution in [0.5, 0.6) is 5.75 Å². The molecular weight excluding hydrogens is 435 g/mol. The number of benzene rings is 1. The van der Waals surface area contributed by atoms with E-state index in [2.05, 4.69) is 20.9 Å². The first-order chi connectivity index (χ1) is 11.7. The highest BCUT2D eigenvalue weighted by Gasteiger charge is 2.04. The molecule has 8 heteroatoms. The largest absolute Gasteiger partial charge is 0.508 e. The predicted octanol–water partition coefficient (Wildman–Crippen LogP) is 1.72. The third-order valence-electron chi connectivity index (χ3n) is 3.16. The summed E-state index contributed by atoms with van der Waals surface area (Å²) < 4.78 is 5.01. The van der Waals surface area contributed by atoms with Crippen LogP contribution in [0.25, 0.3) is 0 Å². The molecule has 4 N–H and O–H groups in total. The van der Waals surface area contributed by atoms with Crippen LogP contribution in [-0.2, 0) is 4.74 Å². The van der Waals surface area contributed by atoms with Gasteiger partial charge in [0.25, 0.3) is 5.91 Å². The molecule has 0 aliphatic carbocycles. The lowest BCUT2D eigenvalue weighted by Gasteiger charge is -2.11. The number of guanidine groups is 1. The van der Waals surface area contributed by atoms with Crippen LogP contribution in [0.3, 0.4) is 0 Å². The van der Waals surface area contributed by atoms with Gasteiger partial charge in [-0.1, -0.05) is 6.07 Å². The first-order valence-corrected chi connectivity index (χ1v) is 8.25. The summed E-state index contributed by atoms with van der Waals surface area (Å²) in [5.74, 6) is 0.662. The van der Waals surface area contributed by atoms with Gasteiger partial charge in [0.1, 0.15) is 5.75 Å². The van der Waals surface area contributed by atoms with Crippen molar-refractivity contribution in [2.75, 3.05) is 39.9 Å². The molecule has 0 saturated carbocycles. The molecule has 0 bridgehead atoms. The monoisotopic (exact) mass is 464 g/mol. The van der Waals surface area contributed by atoms with Crippen molar-refractivity contribution in [1.29, 1.82) is 0 Å². The van der Waals surface area contributed by atoms with Crippen LogP contribution in [0.15, 0.2) is 29.3 Å². The molecule has 0 fully saturated rings. The molecule has 25 heavy (non-hydrogen) atoms. The Balaban J connectivity index is 0.00000576. The van der Waals surface area contributed by atoms with Gasteiger partial charge in [0.05, 0.1) is 0 Å². The van der Waals surface area contributed by atoms with E-state index in [0.29, 0.717) is 25.3 Å². The van der Waals surface area contributed by atoms with Crippen LogP contribution in [0, 0.1) is 0 Å². The van der Waals surface area contributed by atoms with E-state index in [1.165, 1.54) is 12.1 Å². The number of carbonyl (C=O) groups excluding carboxylic acids is 1. The maximum absolute atomic E-state index is 11.9. The van der Waals surface area contributed by atoms with Crippen LogP contribution < -0.4 is 16.0 Å². The molecule has 0 aliphatic rings. The van der Waals surface area contributed by atoms with Crippen molar-refractivity contribution in [2.24, 2.45) is 4.99 Å². The van der Waals surface area contributed by atoms with E-state index in [0.717, 1.165) is 31.9 Å². The topological polar surface area (TPSA) is 95.0 Å². The molecule has 1 aromatic carbocycles. The molecule has 0 heterocycles. The van der Waals surface area contributed by atoms with E-state index in [4.69, 9.17) is 4.74 Å². The molecule has 0 atom stereocenters. The minimum absolute atomic E-state index is 0. The third-order valence-corrected chi connectivity index (χ3v) is 3.16. The Labute approximate surface area is 166 Å². The van der Waals surface area contributed by atoms with Crippen LogP contribution in [0.4, 0.5) is 0 Å². The molecular formula is C17H29IN4O3. The normalized spacial score (nSPS) is 10.7. The summed E-state index contributed by atoms with van der Waals surface area (Å²) in [6, 6.07) is 6.29. The van der Waals surface area contributed by atoms with Gasteiger partial charge >= 0.3 is 0 Å². The number of nitrogens with one attached hydrogen (secondary N) is 3. The van der Waals surface area contributed by atoms with Crippen LogP contribution in [0.1, 0.15) is 30.1 Å². The fourth-order valence-corrected chi connectivity index (χ4v) is 1.99. The number of ether oxygens (including phenoxy) is 1. The standard InChI is InChI=1S/C17H28N4O3.HI/c1-3-18-17(21-11-6-12-24-2)20-10-5-9-19-16(23)14-7-4-8-15(22)13-14;/h4,7-8,13,22H,3,5-6,9-12H2,1-2H3,(H,19,23)(H2,18,20,21);1H. The second-order valence-electron chi connectivity index (χ2n) is 5.19. The number of carbonyl (C=O) groups is 1. The van der Waals surface area contributed by atoms with Crippen LogP contribution in [-0.4, -0.2) is 56.9 Å². The van der Waals surface area contributed by atoms with Crippen LogP contribution >= 0.6 is 24.0 Å². The molecule has 0 spiro atoms. The van der Waals surface area contributed by atoms with Crippen molar-refractivity contribution in [2.45, 2.75) is 19.8 Å². The Kier molecular flexibility index (Phi) is 13.8. The van der Waals surface area contributed by atoms with Gasteiger partial charge in [-0.3, -0.25) is 9.79 Å². The molecule has 0 unspecified atom stereocenters. The average molecular weight is 464 g/mol. The number of aromatic hydroxyl groups is 1. The highest BCUT2D eigenvalue weighted by atomic mass is 127. The molecule has 1 aromatic rings. The summed E-state index contributed by atoms with van der Waals surface area (Å²) in [7, 11) is 1.68. The summed E-state index contributed by atoms with van der Waals surface area (Å²) in [5.41, 5.74) is 0.451. The summed E-state index contributed by atoms with van der Waals surface area (Å²) in [6.45, 7) is 5.47. The van der Waals surface area contributed by atoms with Gasteiger partial charge in [-0.15, -0.1) is 24.0 Å². The molecule has 0 aromatic heterocycles. The number of aliphatic imine (C=N–C) groups is 1. The maximum Gasteiger partial charge on any atom is 0.251 e. The minimum Gasteiger partial charge on any atom is -0.508 e. The highest BCUT2D eigenvalue weighted by Crippen LogP contribution is 2.10. The van der Waals surface area contributed by atoms with E-state index in [9.17, 15) is 9.90 Å². The number of phenols is 1. The number of amides is 1. The van der Waals surface area contributed by atoms with Crippen molar-refractivity contribution in [3.05, 3.63) is 29.8 Å². The second-order valence-corrected chi connectivity index (χ2v) is 5.19. The van der Waals surface area contributed by atoms with Gasteiger partial charge in [-0.05, 0) is 38.0 Å². The van der Waals surface area contributed by atoms with Gasteiger partial charge in [0.2, 0.25) is 0 Å². The van der Waals surface area contributed by atoms with Gasteiger partial charge in [-0.2, -0.15) is 0 Å². The summed E-state index contributed by atoms with van der Waals surface area (Å²) in [6.07, 6.45) is 1.65. The van der Waals surface area contributed by atoms with Gasteiger partial charge in [0, 0.05) is 45.5 Å². The number of phenolic OH excluding ortho intramolecular Hbond substituents is 1. The zero-order chi connectivity index (χ0) is 17.6. The third kappa shape index (κ3) is 10.8. The van der Waals surface area contributed by atoms with Crippen LogP contribution in [0.2, 0.25) is 0 Å². The van der Waals surface area contributed by atoms with E-state index in [1.54, 1.807) is 19.2 Å². The van der Waals surface area contributed by atoms with E-state index in [-0.39, 0.29) is 35.6 Å². The Morgan fingerprint density at radius 3 is 2.64 bits per heavy atom. The number of hydrogen-bond donors (Lipinski definition) is 4. The van der Waals surface area contributed by atoms with E-state index >= 15 is 0 Å². The lowest BCUT2D eigenvalue weighted by Crippen LogP contribution is -2.38. The number of rotatable bonds is 10. The fourth-order valence-electron chi connectivity index (χ4n) is 1.99. The number of hydrogen-bond acceptors (Lipinski definition) is 4. The molecule has 7 nitrogen and oxygen atoms in total. The second kappa shape index (κ2) is 14.8. The Bertz CT molecular complexity index is 526. The fraction of sp³-hybridized carbons (Fsp3) is 0.529. The van der Waals surface area contributed by atoms with Crippen molar-refractivity contribution in [1.82, 2.24) is 16.0 Å². The molecule has 0 aliphatic heterocycles. The Hall–Kier alpha value is -1.55. The van der Waals surface area contributed by atoms with Crippen molar-refractivity contribution >= 4 is 35.8 Å². The highest BCUT2D eigenvalue weighted by molar-refractivity contribution is 14.0. The van der Waals surface area contributed by atoms with Gasteiger partial charge in [-0.25, -0.2) is 0 Å². The van der Waals surface area contributed by atoms with Gasteiger partial charge < -0.3 is 25.8 Å². The van der Waals surface area contributed by atoms with E-state index < -0.39 is 0 Å². The molecule has 1 amide bonds. The summed E-state index contributed by atoms with van der Waals surface area (Å²) in [5, 5.41) is 18.6. The Morgan fingerprint density at radius 1 is 1.20 bits per heavy atom. The first-order valence-electron chi connectivity index (χ1n) is 8.25. The maximum atomic E-state index is 11.9. The quantitative estimate of drug-likeness (QED) is 0.183. The molecule has 1 rings (SSSR count). The average Bonchev–Trinajstić information content (AvgIpc) is 2.58.